The van der Waals surface area contributed by atoms with Gasteiger partial charge in [0.05, 0.1) is 6.10 Å². The van der Waals surface area contributed by atoms with Gasteiger partial charge in [0.1, 0.15) is 0 Å². The van der Waals surface area contributed by atoms with E-state index in [4.69, 9.17) is 0 Å². The highest BCUT2D eigenvalue weighted by Crippen LogP contribution is 2.40. The SMILES string of the molecule is CC(C)N1CCC(CNC2CC(O)C2(C)C)C1. The Balaban J connectivity index is 1.70. The predicted molar refractivity (Wildman–Crippen MR) is 71.0 cm³/mol. The van der Waals surface area contributed by atoms with Crippen LogP contribution in [0.1, 0.15) is 40.5 Å². The molecule has 0 bridgehead atoms. The average Bonchev–Trinajstić information content (AvgIpc) is 2.72. The maximum atomic E-state index is 9.70. The molecule has 0 aromatic rings. The van der Waals surface area contributed by atoms with E-state index < -0.39 is 0 Å². The molecule has 0 amide bonds. The standard InChI is InChI=1S/C14H28N2O/c1-10(2)16-6-5-11(9-16)8-15-12-7-13(17)14(12,3)4/h10-13,15,17H,5-9H2,1-4H3. The molecule has 0 radical (unpaired) electrons. The van der Waals surface area contributed by atoms with Crippen LogP contribution in [0.5, 0.6) is 0 Å². The summed E-state index contributed by atoms with van der Waals surface area (Å²) < 4.78 is 0. The first-order valence-corrected chi connectivity index (χ1v) is 7.06. The fourth-order valence-electron chi connectivity index (χ4n) is 3.06. The molecule has 2 fully saturated rings. The van der Waals surface area contributed by atoms with Crippen molar-refractivity contribution >= 4 is 0 Å². The molecule has 0 aromatic carbocycles. The van der Waals surface area contributed by atoms with Gasteiger partial charge in [-0.05, 0) is 45.7 Å². The van der Waals surface area contributed by atoms with Gasteiger partial charge in [-0.25, -0.2) is 0 Å². The Morgan fingerprint density at radius 3 is 2.59 bits per heavy atom. The molecular weight excluding hydrogens is 212 g/mol. The van der Waals surface area contributed by atoms with Crippen molar-refractivity contribution in [3.05, 3.63) is 0 Å². The van der Waals surface area contributed by atoms with Crippen LogP contribution in [-0.2, 0) is 0 Å². The van der Waals surface area contributed by atoms with Gasteiger partial charge in [0, 0.05) is 24.0 Å². The molecule has 2 aliphatic rings. The van der Waals surface area contributed by atoms with Gasteiger partial charge >= 0.3 is 0 Å². The monoisotopic (exact) mass is 240 g/mol. The number of nitrogens with one attached hydrogen (secondary N) is 1. The molecule has 2 rings (SSSR count). The highest BCUT2D eigenvalue weighted by molar-refractivity contribution is 5.02. The van der Waals surface area contributed by atoms with Crippen molar-refractivity contribution in [2.45, 2.75) is 58.7 Å². The third-order valence-electron chi connectivity index (χ3n) is 4.92. The maximum absolute atomic E-state index is 9.70. The van der Waals surface area contributed by atoms with Crippen LogP contribution >= 0.6 is 0 Å². The number of likely N-dealkylation sites (tertiary alicyclic amines) is 1. The number of rotatable bonds is 4. The Hall–Kier alpha value is -0.120. The lowest BCUT2D eigenvalue weighted by Crippen LogP contribution is -2.60. The normalized spacial score (nSPS) is 37.4. The molecule has 1 aliphatic carbocycles. The van der Waals surface area contributed by atoms with Crippen molar-refractivity contribution in [1.82, 2.24) is 10.2 Å². The van der Waals surface area contributed by atoms with Crippen LogP contribution < -0.4 is 5.32 Å². The van der Waals surface area contributed by atoms with Gasteiger partial charge in [0.2, 0.25) is 0 Å². The van der Waals surface area contributed by atoms with Crippen molar-refractivity contribution in [3.63, 3.8) is 0 Å². The topological polar surface area (TPSA) is 35.5 Å². The zero-order valence-electron chi connectivity index (χ0n) is 11.7. The van der Waals surface area contributed by atoms with Crippen LogP contribution in [0.4, 0.5) is 0 Å². The quantitative estimate of drug-likeness (QED) is 0.781. The summed E-state index contributed by atoms with van der Waals surface area (Å²) in [6.07, 6.45) is 2.13. The Morgan fingerprint density at radius 1 is 1.41 bits per heavy atom. The highest BCUT2D eigenvalue weighted by atomic mass is 16.3. The van der Waals surface area contributed by atoms with Crippen molar-refractivity contribution in [3.8, 4) is 0 Å². The van der Waals surface area contributed by atoms with E-state index in [1.807, 2.05) is 0 Å². The minimum atomic E-state index is -0.115. The minimum absolute atomic E-state index is 0.0658. The van der Waals surface area contributed by atoms with E-state index in [1.54, 1.807) is 0 Å². The van der Waals surface area contributed by atoms with E-state index in [2.05, 4.69) is 37.9 Å². The second-order valence-electron chi connectivity index (χ2n) is 6.78. The van der Waals surface area contributed by atoms with Crippen LogP contribution in [0.25, 0.3) is 0 Å². The molecule has 2 N–H and O–H groups in total. The van der Waals surface area contributed by atoms with Crippen LogP contribution in [0, 0.1) is 11.3 Å². The minimum Gasteiger partial charge on any atom is -0.392 e. The second-order valence-corrected chi connectivity index (χ2v) is 6.78. The zero-order chi connectivity index (χ0) is 12.6. The summed E-state index contributed by atoms with van der Waals surface area (Å²) in [5.74, 6) is 0.797. The molecular formula is C14H28N2O. The highest BCUT2D eigenvalue weighted by Gasteiger charge is 2.47. The lowest BCUT2D eigenvalue weighted by Gasteiger charge is -2.50. The van der Waals surface area contributed by atoms with Crippen LogP contribution in [0.15, 0.2) is 0 Å². The third-order valence-corrected chi connectivity index (χ3v) is 4.92. The summed E-state index contributed by atoms with van der Waals surface area (Å²) >= 11 is 0. The first-order chi connectivity index (χ1) is 7.91. The molecule has 17 heavy (non-hydrogen) atoms. The molecule has 3 heteroatoms. The molecule has 0 aromatic heterocycles. The maximum Gasteiger partial charge on any atom is 0.0621 e. The van der Waals surface area contributed by atoms with E-state index in [9.17, 15) is 5.11 Å². The summed E-state index contributed by atoms with van der Waals surface area (Å²) in [5.41, 5.74) is 0.0658. The molecule has 1 aliphatic heterocycles. The summed E-state index contributed by atoms with van der Waals surface area (Å²) in [4.78, 5) is 2.56. The largest absolute Gasteiger partial charge is 0.392 e. The Morgan fingerprint density at radius 2 is 2.12 bits per heavy atom. The second kappa shape index (κ2) is 4.87. The summed E-state index contributed by atoms with van der Waals surface area (Å²) in [6.45, 7) is 12.5. The van der Waals surface area contributed by atoms with Crippen molar-refractivity contribution in [2.24, 2.45) is 11.3 Å². The first kappa shape index (κ1) is 13.3. The number of nitrogens with zero attached hydrogens (tertiary/aromatic N) is 1. The predicted octanol–water partition coefficient (Wildman–Crippen LogP) is 1.47. The van der Waals surface area contributed by atoms with Gasteiger partial charge in [-0.3, -0.25) is 0 Å². The molecule has 1 saturated heterocycles. The van der Waals surface area contributed by atoms with Crippen molar-refractivity contribution in [2.75, 3.05) is 19.6 Å². The summed E-state index contributed by atoms with van der Waals surface area (Å²) in [5, 5.41) is 13.4. The van der Waals surface area contributed by atoms with Gasteiger partial charge in [0.25, 0.3) is 0 Å². The smallest absolute Gasteiger partial charge is 0.0621 e. The number of hydrogen-bond donors (Lipinski definition) is 2. The molecule has 1 saturated carbocycles. The van der Waals surface area contributed by atoms with Gasteiger partial charge in [-0.15, -0.1) is 0 Å². The Kier molecular flexibility index (Phi) is 3.81. The molecule has 1 heterocycles. The van der Waals surface area contributed by atoms with Gasteiger partial charge in [-0.1, -0.05) is 13.8 Å². The fourth-order valence-corrected chi connectivity index (χ4v) is 3.06. The van der Waals surface area contributed by atoms with Crippen molar-refractivity contribution in [1.29, 1.82) is 0 Å². The summed E-state index contributed by atoms with van der Waals surface area (Å²) in [7, 11) is 0. The van der Waals surface area contributed by atoms with E-state index in [0.717, 1.165) is 18.9 Å². The average molecular weight is 240 g/mol. The van der Waals surface area contributed by atoms with E-state index in [1.165, 1.54) is 19.5 Å². The van der Waals surface area contributed by atoms with E-state index in [-0.39, 0.29) is 11.5 Å². The third kappa shape index (κ3) is 2.67. The number of hydrogen-bond acceptors (Lipinski definition) is 3. The lowest BCUT2D eigenvalue weighted by atomic mass is 9.64. The van der Waals surface area contributed by atoms with E-state index >= 15 is 0 Å². The molecule has 0 spiro atoms. The number of aliphatic hydroxyl groups is 1. The Bertz CT molecular complexity index is 265. The fraction of sp³-hybridized carbons (Fsp3) is 1.00. The summed E-state index contributed by atoms with van der Waals surface area (Å²) in [6, 6.07) is 1.19. The molecule has 3 unspecified atom stereocenters. The van der Waals surface area contributed by atoms with Gasteiger partial charge in [0.15, 0.2) is 0 Å². The van der Waals surface area contributed by atoms with Gasteiger partial charge in [-0.2, -0.15) is 0 Å². The number of aliphatic hydroxyl groups excluding tert-OH is 1. The zero-order valence-corrected chi connectivity index (χ0v) is 11.7. The van der Waals surface area contributed by atoms with Crippen LogP contribution in [0.2, 0.25) is 0 Å². The van der Waals surface area contributed by atoms with E-state index in [0.29, 0.717) is 12.1 Å². The van der Waals surface area contributed by atoms with Crippen LogP contribution in [-0.4, -0.2) is 47.8 Å². The van der Waals surface area contributed by atoms with Gasteiger partial charge < -0.3 is 15.3 Å². The Labute approximate surface area is 106 Å². The lowest BCUT2D eigenvalue weighted by molar-refractivity contribution is -0.0731. The molecule has 100 valence electrons. The van der Waals surface area contributed by atoms with Crippen molar-refractivity contribution < 1.29 is 5.11 Å². The molecule has 3 atom stereocenters. The molecule has 3 nitrogen and oxygen atoms in total. The first-order valence-electron chi connectivity index (χ1n) is 7.06. The van der Waals surface area contributed by atoms with Crippen LogP contribution in [0.3, 0.4) is 0 Å².